The molecule has 0 saturated heterocycles. The Balaban J connectivity index is 1.73. The highest BCUT2D eigenvalue weighted by atomic mass is 32.2. The Hall–Kier alpha value is -2.86. The van der Waals surface area contributed by atoms with Gasteiger partial charge in [-0.1, -0.05) is 60.3 Å². The number of hydrogen-bond acceptors (Lipinski definition) is 4. The first-order chi connectivity index (χ1) is 14.0. The van der Waals surface area contributed by atoms with Crippen molar-refractivity contribution in [2.75, 3.05) is 14.1 Å². The minimum absolute atomic E-state index is 0.0138. The Morgan fingerprint density at radius 1 is 1.07 bits per heavy atom. The van der Waals surface area contributed by atoms with Gasteiger partial charge in [0.15, 0.2) is 0 Å². The van der Waals surface area contributed by atoms with Crippen LogP contribution in [0.3, 0.4) is 0 Å². The summed E-state index contributed by atoms with van der Waals surface area (Å²) in [6.45, 7) is 0. The van der Waals surface area contributed by atoms with Crippen LogP contribution in [0.4, 0.5) is 0 Å². The fourth-order valence-corrected chi connectivity index (χ4v) is 4.32. The molecule has 1 aliphatic rings. The highest BCUT2D eigenvalue weighted by Gasteiger charge is 2.27. The summed E-state index contributed by atoms with van der Waals surface area (Å²) in [5.74, 6) is -0.0942. The largest absolute Gasteiger partial charge is 0.349 e. The van der Waals surface area contributed by atoms with Crippen LogP contribution in [0.15, 0.2) is 65.7 Å². The molecule has 1 atom stereocenters. The summed E-state index contributed by atoms with van der Waals surface area (Å²) in [6.07, 6.45) is 2.06. The van der Waals surface area contributed by atoms with Gasteiger partial charge in [-0.2, -0.15) is 0 Å². The first-order valence-corrected chi connectivity index (χ1v) is 10.5. The van der Waals surface area contributed by atoms with E-state index < -0.39 is 5.25 Å². The lowest BCUT2D eigenvalue weighted by Crippen LogP contribution is -2.27. The van der Waals surface area contributed by atoms with Gasteiger partial charge in [-0.25, -0.2) is 4.98 Å². The van der Waals surface area contributed by atoms with Crippen LogP contribution < -0.4 is 5.32 Å². The maximum atomic E-state index is 12.9. The van der Waals surface area contributed by atoms with E-state index in [4.69, 9.17) is 4.98 Å². The van der Waals surface area contributed by atoms with E-state index in [1.54, 1.807) is 19.0 Å². The van der Waals surface area contributed by atoms with Gasteiger partial charge in [0.25, 0.3) is 5.91 Å². The fourth-order valence-electron chi connectivity index (χ4n) is 3.13. The van der Waals surface area contributed by atoms with Crippen LogP contribution in [0.25, 0.3) is 10.9 Å². The van der Waals surface area contributed by atoms with Crippen LogP contribution in [0.2, 0.25) is 0 Å². The monoisotopic (exact) mass is 405 g/mol. The Morgan fingerprint density at radius 3 is 2.45 bits per heavy atom. The van der Waals surface area contributed by atoms with Crippen molar-refractivity contribution in [3.05, 3.63) is 71.8 Å². The summed E-state index contributed by atoms with van der Waals surface area (Å²) in [5, 5.41) is 4.12. The van der Waals surface area contributed by atoms with Crippen LogP contribution in [-0.4, -0.2) is 41.8 Å². The SMILES string of the molecule is CN(C)C(=O)C(Sc1cc(C(=O)NC2CC2)c2ccccc2n1)c1ccccc1. The molecule has 1 aliphatic carbocycles. The Labute approximate surface area is 174 Å². The van der Waals surface area contributed by atoms with Crippen LogP contribution in [0.5, 0.6) is 0 Å². The first-order valence-electron chi connectivity index (χ1n) is 9.66. The molecule has 0 spiro atoms. The highest BCUT2D eigenvalue weighted by molar-refractivity contribution is 8.00. The summed E-state index contributed by atoms with van der Waals surface area (Å²) >= 11 is 1.38. The molecule has 1 heterocycles. The number of carbonyl (C=O) groups is 2. The maximum Gasteiger partial charge on any atom is 0.252 e. The summed E-state index contributed by atoms with van der Waals surface area (Å²) in [4.78, 5) is 32.0. The summed E-state index contributed by atoms with van der Waals surface area (Å²) in [5.41, 5.74) is 2.27. The van der Waals surface area contributed by atoms with E-state index in [0.717, 1.165) is 29.3 Å². The van der Waals surface area contributed by atoms with Crippen molar-refractivity contribution in [2.45, 2.75) is 29.2 Å². The number of pyridine rings is 1. The van der Waals surface area contributed by atoms with Crippen molar-refractivity contribution in [3.8, 4) is 0 Å². The van der Waals surface area contributed by atoms with Gasteiger partial charge in [0.1, 0.15) is 5.25 Å². The highest BCUT2D eigenvalue weighted by Crippen LogP contribution is 2.37. The number of benzene rings is 2. The molecule has 2 aromatic carbocycles. The molecule has 1 aromatic heterocycles. The zero-order valence-electron chi connectivity index (χ0n) is 16.5. The molecule has 29 heavy (non-hydrogen) atoms. The average molecular weight is 406 g/mol. The van der Waals surface area contributed by atoms with Gasteiger partial charge in [-0.15, -0.1) is 0 Å². The van der Waals surface area contributed by atoms with Crippen molar-refractivity contribution in [3.63, 3.8) is 0 Å². The number of para-hydroxylation sites is 1. The Bertz CT molecular complexity index is 1050. The number of amides is 2. The van der Waals surface area contributed by atoms with Crippen LogP contribution in [-0.2, 0) is 4.79 Å². The molecule has 3 aromatic rings. The number of aromatic nitrogens is 1. The normalized spacial score (nSPS) is 14.4. The smallest absolute Gasteiger partial charge is 0.252 e. The summed E-state index contributed by atoms with van der Waals surface area (Å²) in [6, 6.07) is 19.4. The second kappa shape index (κ2) is 8.25. The van der Waals surface area contributed by atoms with Gasteiger partial charge in [-0.3, -0.25) is 9.59 Å². The van der Waals surface area contributed by atoms with Gasteiger partial charge >= 0.3 is 0 Å². The number of thioether (sulfide) groups is 1. The van der Waals surface area contributed by atoms with Gasteiger partial charge in [-0.05, 0) is 30.5 Å². The van der Waals surface area contributed by atoms with Crippen molar-refractivity contribution in [1.29, 1.82) is 0 Å². The van der Waals surface area contributed by atoms with E-state index in [0.29, 0.717) is 10.6 Å². The standard InChI is InChI=1S/C23H23N3O2S/c1-26(2)23(28)21(15-8-4-3-5-9-15)29-20-14-18(22(27)24-16-12-13-16)17-10-6-7-11-19(17)25-20/h3-11,14,16,21H,12-13H2,1-2H3,(H,24,27). The third-order valence-corrected chi connectivity index (χ3v) is 6.02. The fraction of sp³-hybridized carbons (Fsp3) is 0.261. The number of carbonyl (C=O) groups excluding carboxylic acids is 2. The van der Waals surface area contributed by atoms with Crippen LogP contribution in [0, 0.1) is 0 Å². The van der Waals surface area contributed by atoms with Gasteiger partial charge in [0.2, 0.25) is 5.91 Å². The molecule has 6 heteroatoms. The molecular weight excluding hydrogens is 382 g/mol. The van der Waals surface area contributed by atoms with Gasteiger partial charge in [0.05, 0.1) is 16.1 Å². The maximum absolute atomic E-state index is 12.9. The second-order valence-corrected chi connectivity index (χ2v) is 8.54. The third kappa shape index (κ3) is 4.43. The van der Waals surface area contributed by atoms with Crippen molar-refractivity contribution < 1.29 is 9.59 Å². The average Bonchev–Trinajstić information content (AvgIpc) is 3.55. The third-order valence-electron chi connectivity index (χ3n) is 4.86. The van der Waals surface area contributed by atoms with E-state index >= 15 is 0 Å². The van der Waals surface area contributed by atoms with Gasteiger partial charge in [0, 0.05) is 25.5 Å². The molecule has 5 nitrogen and oxygen atoms in total. The second-order valence-electron chi connectivity index (χ2n) is 7.41. The van der Waals surface area contributed by atoms with Crippen LogP contribution >= 0.6 is 11.8 Å². The number of fused-ring (bicyclic) bond motifs is 1. The Morgan fingerprint density at radius 2 is 1.76 bits per heavy atom. The zero-order chi connectivity index (χ0) is 20.4. The molecule has 148 valence electrons. The number of rotatable bonds is 6. The van der Waals surface area contributed by atoms with E-state index in [1.807, 2.05) is 60.7 Å². The van der Waals surface area contributed by atoms with E-state index in [9.17, 15) is 9.59 Å². The number of nitrogens with zero attached hydrogens (tertiary/aromatic N) is 2. The molecule has 1 fully saturated rings. The Kier molecular flexibility index (Phi) is 5.53. The van der Waals surface area contributed by atoms with Crippen molar-refractivity contribution in [1.82, 2.24) is 15.2 Å². The predicted molar refractivity (Wildman–Crippen MR) is 116 cm³/mol. The molecule has 0 bridgehead atoms. The van der Waals surface area contributed by atoms with Gasteiger partial charge < -0.3 is 10.2 Å². The summed E-state index contributed by atoms with van der Waals surface area (Å²) in [7, 11) is 3.50. The molecule has 1 N–H and O–H groups in total. The van der Waals surface area contributed by atoms with E-state index in [1.165, 1.54) is 11.8 Å². The lowest BCUT2D eigenvalue weighted by Gasteiger charge is -2.20. The molecule has 1 unspecified atom stereocenters. The number of likely N-dealkylation sites (N-methyl/N-ethyl adjacent to an activating group) is 1. The number of hydrogen-bond donors (Lipinski definition) is 1. The molecule has 1 saturated carbocycles. The topological polar surface area (TPSA) is 62.3 Å². The molecule has 0 aliphatic heterocycles. The summed E-state index contributed by atoms with van der Waals surface area (Å²) < 4.78 is 0. The van der Waals surface area contributed by atoms with Crippen molar-refractivity contribution in [2.24, 2.45) is 0 Å². The molecule has 4 rings (SSSR count). The quantitative estimate of drug-likeness (QED) is 0.629. The van der Waals surface area contributed by atoms with Crippen molar-refractivity contribution >= 4 is 34.5 Å². The zero-order valence-corrected chi connectivity index (χ0v) is 17.3. The molecule has 0 radical (unpaired) electrons. The number of nitrogens with one attached hydrogen (secondary N) is 1. The first kappa shape index (κ1) is 19.5. The lowest BCUT2D eigenvalue weighted by atomic mass is 10.1. The van der Waals surface area contributed by atoms with E-state index in [2.05, 4.69) is 5.32 Å². The van der Waals surface area contributed by atoms with E-state index in [-0.39, 0.29) is 17.9 Å². The molecular formula is C23H23N3O2S. The van der Waals surface area contributed by atoms with Crippen LogP contribution in [0.1, 0.15) is 34.0 Å². The minimum atomic E-state index is -0.431. The lowest BCUT2D eigenvalue weighted by molar-refractivity contribution is -0.128. The molecule has 2 amide bonds. The predicted octanol–water partition coefficient (Wildman–Crippen LogP) is 4.05. The minimum Gasteiger partial charge on any atom is -0.349 e.